The molecule has 6 rings (SSSR count). The quantitative estimate of drug-likeness (QED) is 0.0547. The van der Waals surface area contributed by atoms with Crippen molar-refractivity contribution in [2.45, 2.75) is 49.7 Å². The highest BCUT2D eigenvalue weighted by Gasteiger charge is 2.45. The van der Waals surface area contributed by atoms with E-state index < -0.39 is 99.7 Å². The minimum atomic E-state index is -5.61. The number of aromatic nitrogens is 8. The van der Waals surface area contributed by atoms with Gasteiger partial charge in [0.2, 0.25) is 7.57 Å². The Bertz CT molecular complexity index is 2160. The van der Waals surface area contributed by atoms with Crippen molar-refractivity contribution in [1.82, 2.24) is 39.0 Å². The van der Waals surface area contributed by atoms with Crippen LogP contribution in [0.1, 0.15) is 25.3 Å². The number of hydrogen-bond donors (Lipinski definition) is 8. The maximum Gasteiger partial charge on any atom is 0.346 e. The van der Waals surface area contributed by atoms with E-state index in [9.17, 15) is 52.6 Å². The fraction of sp³-hybridized carbons (Fsp3) is 0.545. The molecule has 2 saturated heterocycles. The van der Waals surface area contributed by atoms with Crippen LogP contribution in [0.3, 0.4) is 0 Å². The lowest BCUT2D eigenvalue weighted by atomic mass is 10.2. The van der Waals surface area contributed by atoms with Crippen molar-refractivity contribution in [2.24, 2.45) is 0 Å². The predicted octanol–water partition coefficient (Wildman–Crippen LogP) is 0.127. The molecule has 6 heterocycles. The Hall–Kier alpha value is -2.57. The van der Waals surface area contributed by atoms with E-state index in [0.717, 1.165) is 0 Å². The van der Waals surface area contributed by atoms with Gasteiger partial charge in [-0.15, -0.1) is 0 Å². The third-order valence-electron chi connectivity index (χ3n) is 7.88. The molecule has 0 aromatic carbocycles. The first-order valence-corrected chi connectivity index (χ1v) is 24.1. The largest absolute Gasteiger partial charge is 0.390 e. The van der Waals surface area contributed by atoms with Gasteiger partial charge >= 0.3 is 30.4 Å². The van der Waals surface area contributed by atoms with Crippen molar-refractivity contribution in [3.8, 4) is 0 Å². The monoisotopic (exact) mass is 874 g/mol. The molecule has 0 bridgehead atoms. The third-order valence-corrected chi connectivity index (χ3v) is 18.6. The van der Waals surface area contributed by atoms with Crippen LogP contribution >= 0.6 is 37.9 Å². The second kappa shape index (κ2) is 15.6. The summed E-state index contributed by atoms with van der Waals surface area (Å²) < 4.78 is 95.6. The zero-order chi connectivity index (χ0) is 40.1. The Morgan fingerprint density at radius 1 is 0.673 bits per heavy atom. The first kappa shape index (κ1) is 42.1. The highest BCUT2D eigenvalue weighted by atomic mass is 31.3. The summed E-state index contributed by atoms with van der Waals surface area (Å²) in [5.74, 6) is -3.39. The van der Waals surface area contributed by atoms with Gasteiger partial charge in [-0.3, -0.25) is 32.0 Å². The Morgan fingerprint density at radius 2 is 1.05 bits per heavy atom. The normalized spacial score (nSPS) is 28.7. The Balaban J connectivity index is 0.980. The molecular weight excluding hydrogens is 842 g/mol. The van der Waals surface area contributed by atoms with Gasteiger partial charge in [-0.25, -0.2) is 38.5 Å². The van der Waals surface area contributed by atoms with Crippen LogP contribution in [0.2, 0.25) is 0 Å². The van der Waals surface area contributed by atoms with Crippen molar-refractivity contribution in [3.05, 3.63) is 25.3 Å². The van der Waals surface area contributed by atoms with E-state index in [1.54, 1.807) is 0 Å². The first-order valence-electron chi connectivity index (χ1n) is 15.4. The molecule has 2 fully saturated rings. The number of nitrogen functional groups attached to an aromatic ring is 2. The molecule has 0 aliphatic carbocycles. The Kier molecular flexibility index (Phi) is 12.0. The molecule has 11 atom stereocenters. The lowest BCUT2D eigenvalue weighted by molar-refractivity contribution is -0.0395. The fourth-order valence-corrected chi connectivity index (χ4v) is 15.2. The summed E-state index contributed by atoms with van der Waals surface area (Å²) in [4.78, 5) is 64.7. The average Bonchev–Trinajstić information content (AvgIpc) is 3.82. The van der Waals surface area contributed by atoms with E-state index in [1.807, 2.05) is 0 Å². The SMILES string of the molecule is [B]P(=O)(OP(=O)(O)CP(=O)(O)OC[C@H]1O[C@@H](n2cnc3c(N)ncnc32)CC1O)OP(=O)(O)CP(=O)(O)OC[C@H]1O[C@@H](n2cnc3c(N)ncnc32)C[C@H]1O. The molecule has 10 N–H and O–H groups in total. The number of imidazole rings is 2. The van der Waals surface area contributed by atoms with E-state index in [-0.39, 0.29) is 46.8 Å². The number of aliphatic hydroxyl groups is 2. The smallest absolute Gasteiger partial charge is 0.346 e. The molecular formula is C22H32BN10O17P5. The van der Waals surface area contributed by atoms with Gasteiger partial charge in [-0.1, -0.05) is 0 Å². The number of nitrogens with zero attached hydrogens (tertiary/aromatic N) is 8. The lowest BCUT2D eigenvalue weighted by Crippen LogP contribution is -2.26. The summed E-state index contributed by atoms with van der Waals surface area (Å²) in [6.07, 6.45) is -1.94. The summed E-state index contributed by atoms with van der Waals surface area (Å²) in [6, 6.07) is 0. The van der Waals surface area contributed by atoms with Crippen LogP contribution in [0.15, 0.2) is 25.3 Å². The van der Waals surface area contributed by atoms with E-state index in [4.69, 9.17) is 37.6 Å². The van der Waals surface area contributed by atoms with Crippen molar-refractivity contribution in [1.29, 1.82) is 0 Å². The van der Waals surface area contributed by atoms with Crippen LogP contribution in [0.25, 0.3) is 22.3 Å². The van der Waals surface area contributed by atoms with Crippen molar-refractivity contribution < 1.29 is 79.8 Å². The molecule has 0 amide bonds. The number of rotatable bonds is 16. The highest BCUT2D eigenvalue weighted by Crippen LogP contribution is 2.72. The first-order chi connectivity index (χ1) is 25.5. The summed E-state index contributed by atoms with van der Waals surface area (Å²) in [5, 5.41) is 20.9. The molecule has 4 aromatic heterocycles. The van der Waals surface area contributed by atoms with Crippen molar-refractivity contribution in [2.75, 3.05) is 36.5 Å². The zero-order valence-electron chi connectivity index (χ0n) is 27.7. The van der Waals surface area contributed by atoms with Crippen molar-refractivity contribution >= 4 is 79.4 Å². The molecule has 6 unspecified atom stereocenters. The maximum absolute atomic E-state index is 12.7. The van der Waals surface area contributed by atoms with Crippen LogP contribution in [0.5, 0.6) is 0 Å². The van der Waals surface area contributed by atoms with Gasteiger partial charge in [-0.05, 0) is 0 Å². The summed E-state index contributed by atoms with van der Waals surface area (Å²) in [7, 11) is -21.9. The summed E-state index contributed by atoms with van der Waals surface area (Å²) >= 11 is 0. The molecule has 27 nitrogen and oxygen atoms in total. The number of hydrogen-bond acceptors (Lipinski definition) is 21. The average molecular weight is 874 g/mol. The van der Waals surface area contributed by atoms with E-state index in [2.05, 4.69) is 38.5 Å². The third kappa shape index (κ3) is 10.1. The minimum Gasteiger partial charge on any atom is -0.390 e. The number of ether oxygens (including phenoxy) is 2. The molecule has 2 radical (unpaired) electrons. The van der Waals surface area contributed by atoms with Crippen LogP contribution in [-0.2, 0) is 50.0 Å². The summed E-state index contributed by atoms with van der Waals surface area (Å²) in [5.41, 5.74) is 12.6. The second-order valence-electron chi connectivity index (χ2n) is 12.2. The molecule has 2 aliphatic rings. The number of aliphatic hydroxyl groups excluding tert-OH is 2. The van der Waals surface area contributed by atoms with Crippen LogP contribution in [-0.4, -0.2) is 126 Å². The van der Waals surface area contributed by atoms with E-state index >= 15 is 0 Å². The summed E-state index contributed by atoms with van der Waals surface area (Å²) in [6.45, 7) is -1.62. The topological polar surface area (TPSA) is 401 Å². The van der Waals surface area contributed by atoms with Crippen LogP contribution < -0.4 is 11.5 Å². The fourth-order valence-electron chi connectivity index (χ4n) is 5.57. The van der Waals surface area contributed by atoms with Gasteiger partial charge in [-0.2, -0.15) is 0 Å². The highest BCUT2D eigenvalue weighted by molar-refractivity contribution is 7.89. The molecule has 300 valence electrons. The lowest BCUT2D eigenvalue weighted by Gasteiger charge is -2.24. The molecule has 0 spiro atoms. The van der Waals surface area contributed by atoms with E-state index in [1.165, 1.54) is 34.4 Å². The van der Waals surface area contributed by atoms with Crippen molar-refractivity contribution in [3.63, 3.8) is 0 Å². The Morgan fingerprint density at radius 3 is 1.44 bits per heavy atom. The molecule has 2 aliphatic heterocycles. The van der Waals surface area contributed by atoms with Gasteiger partial charge in [0.25, 0.3) is 7.47 Å². The van der Waals surface area contributed by atoms with Gasteiger partial charge in [0.15, 0.2) is 34.7 Å². The van der Waals surface area contributed by atoms with Crippen LogP contribution in [0, 0.1) is 0 Å². The predicted molar refractivity (Wildman–Crippen MR) is 185 cm³/mol. The second-order valence-corrected chi connectivity index (χ2v) is 22.4. The standard InChI is InChI=1S/C22H32BN10O17P5/c23-55(44,49-53(40,41)9-51(36,37)45-3-13-11(34)1-15(47-13)32-7-30-17-19(24)26-5-28-21(17)32)50-54(42,43)10-52(38,39)46-4-14-12(35)2-16(48-14)33-8-31-18-20(25)27-6-29-22(18)33/h5-8,11-16,34-35H,1-4,9-10H2,(H,36,37)(H,38,39)(H,40,41)(H,42,43)(H2,24,26,28)(H2,25,27,29)/t11-,12?,13-,14-,15-,16-,55?/m1/s1. The van der Waals surface area contributed by atoms with Gasteiger partial charge in [0.05, 0.1) is 38.1 Å². The zero-order valence-corrected chi connectivity index (χ0v) is 32.2. The molecule has 4 aromatic rings. The van der Waals surface area contributed by atoms with Crippen LogP contribution in [0.4, 0.5) is 11.6 Å². The number of fused-ring (bicyclic) bond motifs is 2. The van der Waals surface area contributed by atoms with E-state index in [0.29, 0.717) is 0 Å². The minimum absolute atomic E-state index is 0.0609. The number of nitrogens with two attached hydrogens (primary N) is 2. The maximum atomic E-state index is 12.7. The molecule has 33 heteroatoms. The van der Waals surface area contributed by atoms with Gasteiger partial charge in [0, 0.05) is 12.8 Å². The van der Waals surface area contributed by atoms with Gasteiger partial charge < -0.3 is 59.8 Å². The molecule has 0 saturated carbocycles. The van der Waals surface area contributed by atoms with Gasteiger partial charge in [0.1, 0.15) is 48.4 Å². The number of anilines is 2. The molecule has 55 heavy (non-hydrogen) atoms. The Labute approximate surface area is 309 Å².